The van der Waals surface area contributed by atoms with Crippen molar-refractivity contribution in [2.45, 2.75) is 13.8 Å². The van der Waals surface area contributed by atoms with Gasteiger partial charge in [0.15, 0.2) is 0 Å². The highest BCUT2D eigenvalue weighted by Gasteiger charge is 1.87. The van der Waals surface area contributed by atoms with Crippen molar-refractivity contribution in [1.82, 2.24) is 0 Å². The lowest BCUT2D eigenvalue weighted by Gasteiger charge is -2.02. The summed E-state index contributed by atoms with van der Waals surface area (Å²) in [5.41, 5.74) is 3.67. The van der Waals surface area contributed by atoms with E-state index in [0.717, 1.165) is 12.2 Å². The molecular weight excluding hydrogens is 220 g/mol. The molecule has 96 valence electrons. The molecule has 2 aromatic rings. The normalized spacial score (nSPS) is 9.06. The fraction of sp³-hybridized carbons (Fsp3) is 0.250. The van der Waals surface area contributed by atoms with Crippen LogP contribution in [0.25, 0.3) is 0 Å². The molecule has 0 fully saturated rings. The molecule has 0 aliphatic heterocycles. The van der Waals surface area contributed by atoms with Crippen LogP contribution < -0.4 is 10.6 Å². The molecule has 2 aromatic carbocycles. The number of benzene rings is 2. The van der Waals surface area contributed by atoms with Crippen molar-refractivity contribution in [1.29, 1.82) is 0 Å². The quantitative estimate of drug-likeness (QED) is 0.844. The molecule has 0 heterocycles. The molecule has 0 bridgehead atoms. The van der Waals surface area contributed by atoms with E-state index in [4.69, 9.17) is 0 Å². The third-order valence-electron chi connectivity index (χ3n) is 2.46. The molecule has 18 heavy (non-hydrogen) atoms. The summed E-state index contributed by atoms with van der Waals surface area (Å²) in [6, 6.07) is 18.5. The van der Waals surface area contributed by atoms with Crippen LogP contribution in [0.2, 0.25) is 0 Å². The highest BCUT2D eigenvalue weighted by atomic mass is 14.8. The van der Waals surface area contributed by atoms with Crippen LogP contribution in [0.1, 0.15) is 12.5 Å². The zero-order valence-electron chi connectivity index (χ0n) is 11.4. The van der Waals surface area contributed by atoms with Gasteiger partial charge in [0.2, 0.25) is 0 Å². The molecule has 2 N–H and O–H groups in total. The first-order valence-corrected chi connectivity index (χ1v) is 6.29. The Balaban J connectivity index is 0.000000184. The number of anilines is 2. The van der Waals surface area contributed by atoms with Gasteiger partial charge in [-0.2, -0.15) is 0 Å². The molecule has 0 aliphatic carbocycles. The van der Waals surface area contributed by atoms with E-state index in [-0.39, 0.29) is 0 Å². The fourth-order valence-corrected chi connectivity index (χ4v) is 1.56. The largest absolute Gasteiger partial charge is 0.388 e. The van der Waals surface area contributed by atoms with Crippen LogP contribution in [0.3, 0.4) is 0 Å². The molecule has 0 aromatic heterocycles. The first kappa shape index (κ1) is 14.1. The molecule has 0 unspecified atom stereocenters. The molecule has 2 heteroatoms. The van der Waals surface area contributed by atoms with E-state index in [1.165, 1.54) is 11.3 Å². The second-order valence-electron chi connectivity index (χ2n) is 4.02. The number of hydrogen-bond acceptors (Lipinski definition) is 2. The van der Waals surface area contributed by atoms with Crippen molar-refractivity contribution < 1.29 is 0 Å². The van der Waals surface area contributed by atoms with Crippen LogP contribution in [0, 0.1) is 6.92 Å². The molecule has 2 nitrogen and oxygen atoms in total. The van der Waals surface area contributed by atoms with E-state index >= 15 is 0 Å². The average Bonchev–Trinajstić information content (AvgIpc) is 2.41. The van der Waals surface area contributed by atoms with Crippen molar-refractivity contribution in [3.05, 3.63) is 60.2 Å². The fourth-order valence-electron chi connectivity index (χ4n) is 1.56. The molecule has 0 amide bonds. The van der Waals surface area contributed by atoms with E-state index in [1.54, 1.807) is 0 Å². The van der Waals surface area contributed by atoms with E-state index in [9.17, 15) is 0 Å². The molecule has 0 saturated carbocycles. The minimum atomic E-state index is 0.990. The van der Waals surface area contributed by atoms with E-state index < -0.39 is 0 Å². The molecule has 0 aliphatic rings. The van der Waals surface area contributed by atoms with Gasteiger partial charge in [0.1, 0.15) is 0 Å². The molecule has 2 rings (SSSR count). The summed E-state index contributed by atoms with van der Waals surface area (Å²) in [5.74, 6) is 0. The van der Waals surface area contributed by atoms with Crippen LogP contribution >= 0.6 is 0 Å². The van der Waals surface area contributed by atoms with Gasteiger partial charge < -0.3 is 10.6 Å². The summed E-state index contributed by atoms with van der Waals surface area (Å²) in [5, 5.41) is 6.28. The number of hydrogen-bond donors (Lipinski definition) is 2. The predicted molar refractivity (Wildman–Crippen MR) is 81.3 cm³/mol. The highest BCUT2D eigenvalue weighted by Crippen LogP contribution is 2.08. The SMILES string of the molecule is CCNc1cccc(C)c1.CNc1ccccc1. The lowest BCUT2D eigenvalue weighted by molar-refractivity contribution is 1.21. The third kappa shape index (κ3) is 5.39. The van der Waals surface area contributed by atoms with Gasteiger partial charge in [-0.25, -0.2) is 0 Å². The van der Waals surface area contributed by atoms with Gasteiger partial charge in [0, 0.05) is 25.0 Å². The zero-order chi connectivity index (χ0) is 13.2. The maximum atomic E-state index is 3.25. The van der Waals surface area contributed by atoms with Crippen LogP contribution in [-0.2, 0) is 0 Å². The Hall–Kier alpha value is -1.96. The lowest BCUT2D eigenvalue weighted by atomic mass is 10.2. The Morgan fingerprint density at radius 3 is 2.06 bits per heavy atom. The van der Waals surface area contributed by atoms with Gasteiger partial charge in [-0.1, -0.05) is 30.3 Å². The van der Waals surface area contributed by atoms with Crippen LogP contribution in [-0.4, -0.2) is 13.6 Å². The van der Waals surface area contributed by atoms with Crippen molar-refractivity contribution in [2.75, 3.05) is 24.2 Å². The zero-order valence-corrected chi connectivity index (χ0v) is 11.4. The van der Waals surface area contributed by atoms with Crippen molar-refractivity contribution in [3.63, 3.8) is 0 Å². The highest BCUT2D eigenvalue weighted by molar-refractivity contribution is 5.45. The smallest absolute Gasteiger partial charge is 0.0342 e. The van der Waals surface area contributed by atoms with Gasteiger partial charge in [0.25, 0.3) is 0 Å². The van der Waals surface area contributed by atoms with Gasteiger partial charge in [-0.3, -0.25) is 0 Å². The third-order valence-corrected chi connectivity index (χ3v) is 2.46. The maximum Gasteiger partial charge on any atom is 0.0342 e. The van der Waals surface area contributed by atoms with Crippen LogP contribution in [0.4, 0.5) is 11.4 Å². The molecule has 0 radical (unpaired) electrons. The summed E-state index contributed by atoms with van der Waals surface area (Å²) in [6.07, 6.45) is 0. The summed E-state index contributed by atoms with van der Waals surface area (Å²) < 4.78 is 0. The van der Waals surface area contributed by atoms with Crippen molar-refractivity contribution >= 4 is 11.4 Å². The molecule has 0 atom stereocenters. The topological polar surface area (TPSA) is 24.1 Å². The number of rotatable bonds is 3. The Kier molecular flexibility index (Phi) is 6.41. The summed E-state index contributed by atoms with van der Waals surface area (Å²) in [7, 11) is 1.91. The molecule has 0 saturated heterocycles. The van der Waals surface area contributed by atoms with Gasteiger partial charge in [-0.15, -0.1) is 0 Å². The summed E-state index contributed by atoms with van der Waals surface area (Å²) in [4.78, 5) is 0. The Morgan fingerprint density at radius 2 is 1.56 bits per heavy atom. The maximum absolute atomic E-state index is 3.25. The Bertz CT molecular complexity index is 438. The Labute approximate surface area is 110 Å². The molecule has 0 spiro atoms. The standard InChI is InChI=1S/C9H13N.C7H9N/c1-3-10-9-6-4-5-8(2)7-9;1-8-7-5-3-2-4-6-7/h4-7,10H,3H2,1-2H3;2-6,8H,1H3. The predicted octanol–water partition coefficient (Wildman–Crippen LogP) is 4.16. The van der Waals surface area contributed by atoms with Gasteiger partial charge >= 0.3 is 0 Å². The van der Waals surface area contributed by atoms with Crippen LogP contribution in [0.15, 0.2) is 54.6 Å². The monoisotopic (exact) mass is 242 g/mol. The van der Waals surface area contributed by atoms with Gasteiger partial charge in [0.05, 0.1) is 0 Å². The Morgan fingerprint density at radius 1 is 0.889 bits per heavy atom. The summed E-state index contributed by atoms with van der Waals surface area (Å²) >= 11 is 0. The number of para-hydroxylation sites is 1. The van der Waals surface area contributed by atoms with Gasteiger partial charge in [-0.05, 0) is 43.7 Å². The number of nitrogens with one attached hydrogen (secondary N) is 2. The van der Waals surface area contributed by atoms with Crippen LogP contribution in [0.5, 0.6) is 0 Å². The van der Waals surface area contributed by atoms with E-state index in [2.05, 4.69) is 48.7 Å². The summed E-state index contributed by atoms with van der Waals surface area (Å²) in [6.45, 7) is 5.19. The number of aryl methyl sites for hydroxylation is 1. The second kappa shape index (κ2) is 8.18. The minimum absolute atomic E-state index is 0.990. The first-order valence-electron chi connectivity index (χ1n) is 6.29. The van der Waals surface area contributed by atoms with Crippen molar-refractivity contribution in [2.24, 2.45) is 0 Å². The second-order valence-corrected chi connectivity index (χ2v) is 4.02. The van der Waals surface area contributed by atoms with Crippen molar-refractivity contribution in [3.8, 4) is 0 Å². The average molecular weight is 242 g/mol. The first-order chi connectivity index (χ1) is 8.76. The minimum Gasteiger partial charge on any atom is -0.388 e. The van der Waals surface area contributed by atoms with E-state index in [1.807, 2.05) is 37.4 Å². The van der Waals surface area contributed by atoms with E-state index in [0.29, 0.717) is 0 Å². The molecular formula is C16H22N2. The lowest BCUT2D eigenvalue weighted by Crippen LogP contribution is -1.95.